The highest BCUT2D eigenvalue weighted by atomic mass is 35.5. The van der Waals surface area contributed by atoms with Crippen molar-refractivity contribution >= 4 is 28.2 Å². The summed E-state index contributed by atoms with van der Waals surface area (Å²) in [7, 11) is -3.13. The number of hydrogen-bond acceptors (Lipinski definition) is 5. The molecule has 1 amide bonds. The Labute approximate surface area is 171 Å². The van der Waals surface area contributed by atoms with Gasteiger partial charge < -0.3 is 4.90 Å². The fourth-order valence-corrected chi connectivity index (χ4v) is 6.16. The van der Waals surface area contributed by atoms with Crippen LogP contribution in [0.2, 0.25) is 0 Å². The van der Waals surface area contributed by atoms with Gasteiger partial charge in [0.25, 0.3) is 0 Å². The SMILES string of the molecule is Cl.O=C(Cn1cccn1)N1CCN(CCc2ccccc2)[C@@H]2CS(=O)(=O)C[C@@H]21. The Kier molecular flexibility index (Phi) is 6.42. The van der Waals surface area contributed by atoms with E-state index in [9.17, 15) is 13.2 Å². The van der Waals surface area contributed by atoms with Gasteiger partial charge in [-0.3, -0.25) is 14.4 Å². The van der Waals surface area contributed by atoms with Crippen LogP contribution in [-0.4, -0.2) is 77.1 Å². The highest BCUT2D eigenvalue weighted by Gasteiger charge is 2.47. The molecular weight excluding hydrogens is 400 g/mol. The fourth-order valence-electron chi connectivity index (χ4n) is 4.15. The van der Waals surface area contributed by atoms with E-state index in [0.717, 1.165) is 13.0 Å². The summed E-state index contributed by atoms with van der Waals surface area (Å²) in [6.07, 6.45) is 4.26. The number of sulfone groups is 1. The minimum absolute atomic E-state index is 0. The summed E-state index contributed by atoms with van der Waals surface area (Å²) >= 11 is 0. The van der Waals surface area contributed by atoms with Crippen LogP contribution in [0, 0.1) is 0 Å². The van der Waals surface area contributed by atoms with E-state index in [0.29, 0.717) is 13.1 Å². The second-order valence-corrected chi connectivity index (χ2v) is 9.43. The van der Waals surface area contributed by atoms with Crippen LogP contribution in [-0.2, 0) is 27.6 Å². The molecule has 2 aromatic rings. The van der Waals surface area contributed by atoms with Gasteiger partial charge in [0.2, 0.25) is 5.91 Å². The first-order valence-corrected chi connectivity index (χ1v) is 11.1. The largest absolute Gasteiger partial charge is 0.334 e. The number of amides is 1. The number of benzene rings is 1. The lowest BCUT2D eigenvalue weighted by Crippen LogP contribution is -2.61. The number of carbonyl (C=O) groups is 1. The highest BCUT2D eigenvalue weighted by molar-refractivity contribution is 7.91. The van der Waals surface area contributed by atoms with Crippen LogP contribution in [0.5, 0.6) is 0 Å². The van der Waals surface area contributed by atoms with Crippen LogP contribution in [0.4, 0.5) is 0 Å². The average Bonchev–Trinajstić information content (AvgIpc) is 3.26. The molecule has 7 nitrogen and oxygen atoms in total. The number of rotatable bonds is 5. The Morgan fingerprint density at radius 3 is 2.54 bits per heavy atom. The first-order valence-electron chi connectivity index (χ1n) is 9.27. The summed E-state index contributed by atoms with van der Waals surface area (Å²) in [4.78, 5) is 16.8. The summed E-state index contributed by atoms with van der Waals surface area (Å²) in [5, 5.41) is 4.08. The van der Waals surface area contributed by atoms with E-state index in [2.05, 4.69) is 22.1 Å². The zero-order valence-electron chi connectivity index (χ0n) is 15.6. The van der Waals surface area contributed by atoms with Crippen molar-refractivity contribution in [2.24, 2.45) is 0 Å². The minimum atomic E-state index is -3.13. The number of fused-ring (bicyclic) bond motifs is 1. The van der Waals surface area contributed by atoms with Crippen molar-refractivity contribution < 1.29 is 13.2 Å². The van der Waals surface area contributed by atoms with Crippen molar-refractivity contribution in [2.45, 2.75) is 25.0 Å². The van der Waals surface area contributed by atoms with Crippen LogP contribution in [0.3, 0.4) is 0 Å². The summed E-state index contributed by atoms with van der Waals surface area (Å²) < 4.78 is 26.2. The molecule has 2 aliphatic rings. The van der Waals surface area contributed by atoms with E-state index in [1.807, 2.05) is 18.2 Å². The van der Waals surface area contributed by atoms with Gasteiger partial charge in [-0.25, -0.2) is 8.42 Å². The van der Waals surface area contributed by atoms with Crippen molar-refractivity contribution in [1.29, 1.82) is 0 Å². The van der Waals surface area contributed by atoms with Gasteiger partial charge in [0.05, 0.1) is 17.5 Å². The maximum absolute atomic E-state index is 12.8. The third kappa shape index (κ3) is 4.56. The number of nitrogens with zero attached hydrogens (tertiary/aromatic N) is 4. The molecule has 0 unspecified atom stereocenters. The monoisotopic (exact) mass is 424 g/mol. The molecule has 2 saturated heterocycles. The molecule has 3 heterocycles. The standard InChI is InChI=1S/C19H24N4O3S.ClH/c24-19(13-22-9-4-8-20-22)23-12-11-21(10-7-16-5-2-1-3-6-16)17-14-27(25,26)15-18(17)23;/h1-6,8-9,17-18H,7,10-15H2;1H/t17-,18+;/m1./s1. The van der Waals surface area contributed by atoms with Crippen molar-refractivity contribution in [3.63, 3.8) is 0 Å². The van der Waals surface area contributed by atoms with Crippen molar-refractivity contribution in [1.82, 2.24) is 19.6 Å². The number of halogens is 1. The van der Waals surface area contributed by atoms with Gasteiger partial charge in [-0.05, 0) is 18.1 Å². The van der Waals surface area contributed by atoms with Gasteiger partial charge in [0.1, 0.15) is 6.54 Å². The first-order chi connectivity index (χ1) is 13.0. The van der Waals surface area contributed by atoms with Crippen LogP contribution >= 0.6 is 12.4 Å². The Balaban J connectivity index is 0.00000225. The second-order valence-electron chi connectivity index (χ2n) is 7.27. The summed E-state index contributed by atoms with van der Waals surface area (Å²) in [6, 6.07) is 11.6. The molecule has 2 aliphatic heterocycles. The molecule has 152 valence electrons. The van der Waals surface area contributed by atoms with E-state index in [-0.39, 0.29) is 48.4 Å². The van der Waals surface area contributed by atoms with Gasteiger partial charge in [0, 0.05) is 38.1 Å². The highest BCUT2D eigenvalue weighted by Crippen LogP contribution is 2.27. The minimum Gasteiger partial charge on any atom is -0.334 e. The average molecular weight is 425 g/mol. The van der Waals surface area contributed by atoms with Crippen LogP contribution in [0.15, 0.2) is 48.8 Å². The Bertz CT molecular complexity index is 889. The second kappa shape index (κ2) is 8.63. The van der Waals surface area contributed by atoms with E-state index in [4.69, 9.17) is 0 Å². The molecule has 4 rings (SSSR count). The maximum Gasteiger partial charge on any atom is 0.244 e. The topological polar surface area (TPSA) is 75.5 Å². The molecule has 0 spiro atoms. The van der Waals surface area contributed by atoms with Gasteiger partial charge in [-0.2, -0.15) is 5.10 Å². The summed E-state index contributed by atoms with van der Waals surface area (Å²) in [5.41, 5.74) is 1.24. The number of aromatic nitrogens is 2. The maximum atomic E-state index is 12.8. The molecule has 1 aromatic carbocycles. The fraction of sp³-hybridized carbons (Fsp3) is 0.474. The van der Waals surface area contributed by atoms with E-state index in [1.165, 1.54) is 5.56 Å². The zero-order chi connectivity index (χ0) is 18.9. The molecule has 9 heteroatoms. The quantitative estimate of drug-likeness (QED) is 0.711. The molecule has 0 N–H and O–H groups in total. The van der Waals surface area contributed by atoms with Gasteiger partial charge >= 0.3 is 0 Å². The van der Waals surface area contributed by atoms with Gasteiger partial charge in [0.15, 0.2) is 9.84 Å². The lowest BCUT2D eigenvalue weighted by Gasteiger charge is -2.44. The van der Waals surface area contributed by atoms with Crippen molar-refractivity contribution in [2.75, 3.05) is 31.1 Å². The Morgan fingerprint density at radius 2 is 1.82 bits per heavy atom. The molecular formula is C19H25ClN4O3S. The third-order valence-electron chi connectivity index (χ3n) is 5.50. The number of piperazine rings is 1. The van der Waals surface area contributed by atoms with Crippen molar-refractivity contribution in [3.8, 4) is 0 Å². The van der Waals surface area contributed by atoms with Gasteiger partial charge in [-0.1, -0.05) is 30.3 Å². The molecule has 2 atom stereocenters. The zero-order valence-corrected chi connectivity index (χ0v) is 17.2. The molecule has 1 aromatic heterocycles. The molecule has 0 radical (unpaired) electrons. The number of hydrogen-bond donors (Lipinski definition) is 0. The number of carbonyl (C=O) groups excluding carboxylic acids is 1. The van der Waals surface area contributed by atoms with Crippen LogP contribution in [0.1, 0.15) is 5.56 Å². The third-order valence-corrected chi connectivity index (χ3v) is 7.20. The van der Waals surface area contributed by atoms with Crippen LogP contribution in [0.25, 0.3) is 0 Å². The summed E-state index contributed by atoms with van der Waals surface area (Å²) in [6.45, 7) is 2.22. The van der Waals surface area contributed by atoms with E-state index >= 15 is 0 Å². The Hall–Kier alpha value is -1.90. The lowest BCUT2D eigenvalue weighted by molar-refractivity contribution is -0.137. The smallest absolute Gasteiger partial charge is 0.244 e. The van der Waals surface area contributed by atoms with Crippen LogP contribution < -0.4 is 0 Å². The Morgan fingerprint density at radius 1 is 1.07 bits per heavy atom. The van der Waals surface area contributed by atoms with Crippen molar-refractivity contribution in [3.05, 3.63) is 54.4 Å². The molecule has 0 saturated carbocycles. The van der Waals surface area contributed by atoms with Gasteiger partial charge in [-0.15, -0.1) is 12.4 Å². The lowest BCUT2D eigenvalue weighted by atomic mass is 10.0. The predicted molar refractivity (Wildman–Crippen MR) is 109 cm³/mol. The predicted octanol–water partition coefficient (Wildman–Crippen LogP) is 0.857. The summed E-state index contributed by atoms with van der Waals surface area (Å²) in [5.74, 6) is 0.135. The molecule has 0 aliphatic carbocycles. The molecule has 2 fully saturated rings. The molecule has 28 heavy (non-hydrogen) atoms. The molecule has 0 bridgehead atoms. The van der Waals surface area contributed by atoms with E-state index in [1.54, 1.807) is 28.0 Å². The van der Waals surface area contributed by atoms with E-state index < -0.39 is 9.84 Å². The first kappa shape index (κ1) is 20.8. The normalized spacial score (nSPS) is 23.8.